The second kappa shape index (κ2) is 6.37. The third kappa shape index (κ3) is 3.02. The van der Waals surface area contributed by atoms with Gasteiger partial charge in [-0.2, -0.15) is 0 Å². The molecule has 0 aliphatic carbocycles. The van der Waals surface area contributed by atoms with Crippen molar-refractivity contribution in [2.24, 2.45) is 0 Å². The van der Waals surface area contributed by atoms with Crippen LogP contribution in [0, 0.1) is 0 Å². The quantitative estimate of drug-likeness (QED) is 0.771. The van der Waals surface area contributed by atoms with Crippen molar-refractivity contribution in [3.63, 3.8) is 0 Å². The summed E-state index contributed by atoms with van der Waals surface area (Å²) in [6.07, 6.45) is 3.22. The number of fused-ring (bicyclic) bond motifs is 1. The van der Waals surface area contributed by atoms with Gasteiger partial charge in [-0.1, -0.05) is 32.0 Å². The minimum atomic E-state index is -0.363. The van der Waals surface area contributed by atoms with Gasteiger partial charge >= 0.3 is 0 Å². The SMILES string of the molecule is CCC(CC)(CO)NC1CCc2ccccc2NC1=O. The molecule has 4 nitrogen and oxygen atoms in total. The highest BCUT2D eigenvalue weighted by Gasteiger charge is 2.32. The molecule has 0 saturated heterocycles. The number of rotatable bonds is 5. The Morgan fingerprint density at radius 3 is 2.70 bits per heavy atom. The van der Waals surface area contributed by atoms with Crippen LogP contribution in [-0.2, 0) is 11.2 Å². The summed E-state index contributed by atoms with van der Waals surface area (Å²) in [4.78, 5) is 12.3. The molecule has 1 unspecified atom stereocenters. The van der Waals surface area contributed by atoms with Crippen LogP contribution in [0.1, 0.15) is 38.7 Å². The number of benzene rings is 1. The number of nitrogens with one attached hydrogen (secondary N) is 2. The van der Waals surface area contributed by atoms with Gasteiger partial charge in [-0.15, -0.1) is 0 Å². The molecule has 4 heteroatoms. The number of aryl methyl sites for hydroxylation is 1. The van der Waals surface area contributed by atoms with Crippen LogP contribution < -0.4 is 10.6 Å². The van der Waals surface area contributed by atoms with E-state index in [1.807, 2.05) is 32.0 Å². The molecule has 0 aromatic heterocycles. The lowest BCUT2D eigenvalue weighted by Gasteiger charge is -2.34. The zero-order chi connectivity index (χ0) is 14.6. The molecule has 0 radical (unpaired) electrons. The molecular formula is C16H24N2O2. The van der Waals surface area contributed by atoms with E-state index < -0.39 is 0 Å². The maximum Gasteiger partial charge on any atom is 0.241 e. The summed E-state index contributed by atoms with van der Waals surface area (Å²) in [5.41, 5.74) is 1.72. The fraction of sp³-hybridized carbons (Fsp3) is 0.562. The Morgan fingerprint density at radius 2 is 2.05 bits per heavy atom. The third-order valence-corrected chi connectivity index (χ3v) is 4.43. The van der Waals surface area contributed by atoms with Crippen LogP contribution in [0.15, 0.2) is 24.3 Å². The lowest BCUT2D eigenvalue weighted by atomic mass is 9.91. The molecular weight excluding hydrogens is 252 g/mol. The lowest BCUT2D eigenvalue weighted by molar-refractivity contribution is -0.119. The van der Waals surface area contributed by atoms with Crippen LogP contribution >= 0.6 is 0 Å². The molecule has 1 heterocycles. The first kappa shape index (κ1) is 15.0. The first-order valence-electron chi connectivity index (χ1n) is 7.41. The van der Waals surface area contributed by atoms with E-state index in [1.165, 1.54) is 5.56 Å². The van der Waals surface area contributed by atoms with E-state index in [9.17, 15) is 9.90 Å². The number of carbonyl (C=O) groups excluding carboxylic acids is 1. The topological polar surface area (TPSA) is 61.4 Å². The van der Waals surface area contributed by atoms with Gasteiger partial charge in [0, 0.05) is 11.2 Å². The van der Waals surface area contributed by atoms with Crippen molar-refractivity contribution >= 4 is 11.6 Å². The highest BCUT2D eigenvalue weighted by Crippen LogP contribution is 2.23. The summed E-state index contributed by atoms with van der Waals surface area (Å²) >= 11 is 0. The average molecular weight is 276 g/mol. The van der Waals surface area contributed by atoms with Crippen LogP contribution in [-0.4, -0.2) is 29.2 Å². The number of anilines is 1. The number of amides is 1. The minimum Gasteiger partial charge on any atom is -0.394 e. The molecule has 1 atom stereocenters. The van der Waals surface area contributed by atoms with E-state index >= 15 is 0 Å². The van der Waals surface area contributed by atoms with Crippen LogP contribution in [0.4, 0.5) is 5.69 Å². The van der Waals surface area contributed by atoms with Gasteiger partial charge in [-0.3, -0.25) is 10.1 Å². The summed E-state index contributed by atoms with van der Waals surface area (Å²) < 4.78 is 0. The number of aliphatic hydroxyl groups excluding tert-OH is 1. The van der Waals surface area contributed by atoms with Crippen molar-refractivity contribution in [3.8, 4) is 0 Å². The highest BCUT2D eigenvalue weighted by atomic mass is 16.3. The summed E-state index contributed by atoms with van der Waals surface area (Å²) in [6, 6.07) is 7.66. The highest BCUT2D eigenvalue weighted by molar-refractivity contribution is 5.96. The first-order valence-corrected chi connectivity index (χ1v) is 7.41. The van der Waals surface area contributed by atoms with E-state index in [4.69, 9.17) is 0 Å². The Balaban J connectivity index is 2.14. The molecule has 110 valence electrons. The van der Waals surface area contributed by atoms with Crippen molar-refractivity contribution in [3.05, 3.63) is 29.8 Å². The van der Waals surface area contributed by atoms with Crippen LogP contribution in [0.5, 0.6) is 0 Å². The van der Waals surface area contributed by atoms with Gasteiger partial charge in [0.15, 0.2) is 0 Å². The Labute approximate surface area is 120 Å². The standard InChI is InChI=1S/C16H24N2O2/c1-3-16(4-2,11-19)18-14-10-9-12-7-5-6-8-13(12)17-15(14)20/h5-8,14,18-19H,3-4,9-11H2,1-2H3,(H,17,20). The molecule has 1 amide bonds. The average Bonchev–Trinajstić information content (AvgIpc) is 2.64. The smallest absolute Gasteiger partial charge is 0.241 e. The van der Waals surface area contributed by atoms with Crippen molar-refractivity contribution in [2.45, 2.75) is 51.1 Å². The third-order valence-electron chi connectivity index (χ3n) is 4.43. The van der Waals surface area contributed by atoms with Gasteiger partial charge < -0.3 is 10.4 Å². The molecule has 0 bridgehead atoms. The van der Waals surface area contributed by atoms with Crippen LogP contribution in [0.25, 0.3) is 0 Å². The summed E-state index contributed by atoms with van der Waals surface area (Å²) in [5, 5.41) is 16.0. The second-order valence-corrected chi connectivity index (χ2v) is 5.53. The fourth-order valence-corrected chi connectivity index (χ4v) is 2.74. The fourth-order valence-electron chi connectivity index (χ4n) is 2.74. The summed E-state index contributed by atoms with van der Waals surface area (Å²) in [6.45, 7) is 4.13. The van der Waals surface area contributed by atoms with E-state index in [1.54, 1.807) is 0 Å². The zero-order valence-corrected chi connectivity index (χ0v) is 12.3. The summed E-state index contributed by atoms with van der Waals surface area (Å²) in [5.74, 6) is -0.00493. The van der Waals surface area contributed by atoms with Gasteiger partial charge in [-0.05, 0) is 37.3 Å². The van der Waals surface area contributed by atoms with Crippen molar-refractivity contribution in [1.29, 1.82) is 0 Å². The first-order chi connectivity index (χ1) is 9.64. The van der Waals surface area contributed by atoms with Crippen molar-refractivity contribution in [1.82, 2.24) is 5.32 Å². The van der Waals surface area contributed by atoms with Crippen molar-refractivity contribution in [2.75, 3.05) is 11.9 Å². The molecule has 2 rings (SSSR count). The minimum absolute atomic E-state index is 0.00493. The normalized spacial score (nSPS) is 19.1. The Kier molecular flexibility index (Phi) is 4.78. The molecule has 1 aliphatic heterocycles. The number of hydrogen-bond donors (Lipinski definition) is 3. The second-order valence-electron chi connectivity index (χ2n) is 5.53. The maximum absolute atomic E-state index is 12.3. The van der Waals surface area contributed by atoms with Gasteiger partial charge in [-0.25, -0.2) is 0 Å². The molecule has 1 aliphatic rings. The monoisotopic (exact) mass is 276 g/mol. The predicted octanol–water partition coefficient (Wildman–Crippen LogP) is 2.08. The van der Waals surface area contributed by atoms with Crippen LogP contribution in [0.3, 0.4) is 0 Å². The molecule has 1 aromatic carbocycles. The Hall–Kier alpha value is -1.39. The zero-order valence-electron chi connectivity index (χ0n) is 12.3. The van der Waals surface area contributed by atoms with Gasteiger partial charge in [0.1, 0.15) is 0 Å². The molecule has 3 N–H and O–H groups in total. The summed E-state index contributed by atoms with van der Waals surface area (Å²) in [7, 11) is 0. The van der Waals surface area contributed by atoms with Gasteiger partial charge in [0.25, 0.3) is 0 Å². The molecule has 1 aromatic rings. The molecule has 0 fully saturated rings. The van der Waals surface area contributed by atoms with Crippen molar-refractivity contribution < 1.29 is 9.90 Å². The van der Waals surface area contributed by atoms with E-state index in [0.29, 0.717) is 0 Å². The Bertz CT molecular complexity index is 461. The van der Waals surface area contributed by atoms with E-state index in [0.717, 1.165) is 31.4 Å². The van der Waals surface area contributed by atoms with Gasteiger partial charge in [0.2, 0.25) is 5.91 Å². The van der Waals surface area contributed by atoms with Gasteiger partial charge in [0.05, 0.1) is 12.6 Å². The maximum atomic E-state index is 12.3. The molecule has 20 heavy (non-hydrogen) atoms. The predicted molar refractivity (Wildman–Crippen MR) is 80.7 cm³/mol. The number of carbonyl (C=O) groups is 1. The Morgan fingerprint density at radius 1 is 1.35 bits per heavy atom. The molecule has 0 spiro atoms. The number of aliphatic hydroxyl groups is 1. The number of para-hydroxylation sites is 1. The van der Waals surface area contributed by atoms with E-state index in [2.05, 4.69) is 16.7 Å². The lowest BCUT2D eigenvalue weighted by Crippen LogP contribution is -2.55. The number of hydrogen-bond acceptors (Lipinski definition) is 3. The van der Waals surface area contributed by atoms with Crippen LogP contribution in [0.2, 0.25) is 0 Å². The molecule has 0 saturated carbocycles. The van der Waals surface area contributed by atoms with E-state index in [-0.39, 0.29) is 24.1 Å². The largest absolute Gasteiger partial charge is 0.394 e.